The summed E-state index contributed by atoms with van der Waals surface area (Å²) in [4.78, 5) is 19.6. The third-order valence-electron chi connectivity index (χ3n) is 7.06. The first-order valence-corrected chi connectivity index (χ1v) is 15.2. The molecule has 1 aliphatic rings. The highest BCUT2D eigenvalue weighted by Crippen LogP contribution is 2.32. The predicted molar refractivity (Wildman–Crippen MR) is 176 cm³/mol. The zero-order valence-corrected chi connectivity index (χ0v) is 27.4. The molecule has 0 amide bonds. The number of aromatic nitrogens is 3. The van der Waals surface area contributed by atoms with E-state index in [4.69, 9.17) is 36.2 Å². The van der Waals surface area contributed by atoms with Crippen LogP contribution in [-0.4, -0.2) is 73.3 Å². The third kappa shape index (κ3) is 10.5. The molecule has 0 radical (unpaired) electrons. The molecule has 3 aromatic rings. The molecule has 246 valence electrons. The number of piperidine rings is 1. The molecule has 0 aliphatic carbocycles. The summed E-state index contributed by atoms with van der Waals surface area (Å²) in [6, 6.07) is 8.53. The monoisotopic (exact) mass is 623 g/mol. The molecule has 0 spiro atoms. The van der Waals surface area contributed by atoms with Crippen molar-refractivity contribution < 1.29 is 24.5 Å². The summed E-state index contributed by atoms with van der Waals surface area (Å²) in [5.74, 6) is 6.90. The van der Waals surface area contributed by atoms with Crippen molar-refractivity contribution in [3.8, 4) is 5.75 Å². The van der Waals surface area contributed by atoms with Crippen molar-refractivity contribution in [2.24, 2.45) is 11.6 Å². The Morgan fingerprint density at radius 2 is 1.91 bits per heavy atom. The molecule has 6 N–H and O–H groups in total. The normalized spacial score (nSPS) is 14.9. The lowest BCUT2D eigenvalue weighted by molar-refractivity contribution is -0.142. The number of ether oxygens (including phenoxy) is 2. The van der Waals surface area contributed by atoms with Gasteiger partial charge >= 0.3 is 5.97 Å². The number of fused-ring (bicyclic) bond motifs is 1. The van der Waals surface area contributed by atoms with Crippen molar-refractivity contribution in [2.75, 3.05) is 31.2 Å². The number of benzene rings is 1. The molecule has 3 heterocycles. The number of anilines is 1. The average Bonchev–Trinajstić information content (AvgIpc) is 3.33. The summed E-state index contributed by atoms with van der Waals surface area (Å²) in [5, 5.41) is 24.6. The second-order valence-corrected chi connectivity index (χ2v) is 12.4. The number of aliphatic hydroxyl groups is 1. The number of nitrogens with zero attached hydrogens (tertiary/aromatic N) is 5. The first-order valence-electron chi connectivity index (χ1n) is 15.2. The van der Waals surface area contributed by atoms with Gasteiger partial charge in [0, 0.05) is 42.2 Å². The number of aryl methyl sites for hydroxylation is 1. The van der Waals surface area contributed by atoms with Gasteiger partial charge < -0.3 is 35.3 Å². The Kier molecular flexibility index (Phi) is 12.0. The summed E-state index contributed by atoms with van der Waals surface area (Å²) in [7, 11) is 0. The van der Waals surface area contributed by atoms with Crippen LogP contribution < -0.4 is 16.5 Å². The van der Waals surface area contributed by atoms with E-state index in [0.717, 1.165) is 43.0 Å². The number of hydrogen-bond donors (Lipinski definition) is 4. The molecule has 1 aromatic carbocycles. The largest absolute Gasteiger partial charge is 0.508 e. The van der Waals surface area contributed by atoms with Crippen molar-refractivity contribution in [1.82, 2.24) is 19.6 Å². The molecule has 45 heavy (non-hydrogen) atoms. The van der Waals surface area contributed by atoms with E-state index in [2.05, 4.69) is 18.4 Å². The van der Waals surface area contributed by atoms with Crippen LogP contribution >= 0.6 is 0 Å². The molecule has 0 unspecified atom stereocenters. The minimum Gasteiger partial charge on any atom is -0.508 e. The molecule has 12 nitrogen and oxygen atoms in total. The average molecular weight is 624 g/mol. The summed E-state index contributed by atoms with van der Waals surface area (Å²) in [6.07, 6.45) is 5.08. The Labute approximate surface area is 265 Å². The molecule has 0 saturated carbocycles. The minimum absolute atomic E-state index is 0.0973. The molecule has 1 aliphatic heterocycles. The van der Waals surface area contributed by atoms with E-state index < -0.39 is 5.60 Å². The van der Waals surface area contributed by atoms with E-state index in [-0.39, 0.29) is 30.3 Å². The highest BCUT2D eigenvalue weighted by Gasteiger charge is 2.33. The first kappa shape index (κ1) is 35.4. The maximum atomic E-state index is 12.6. The van der Waals surface area contributed by atoms with Gasteiger partial charge in [0.25, 0.3) is 0 Å². The Morgan fingerprint density at radius 1 is 1.24 bits per heavy atom. The van der Waals surface area contributed by atoms with Gasteiger partial charge in [-0.3, -0.25) is 4.79 Å². The number of phenols is 1. The summed E-state index contributed by atoms with van der Waals surface area (Å²) < 4.78 is 13.1. The van der Waals surface area contributed by atoms with E-state index in [0.29, 0.717) is 35.8 Å². The SMILES string of the molecule is C=CCOC1(C)CCN(c2c(CC(=O)OCC)c(C)nc3cc(CN(N)/C=C(\N)c4cccc(O)c4)nn23)CC1.CC(C)(C)O. The van der Waals surface area contributed by atoms with Crippen LogP contribution in [0.15, 0.2) is 49.2 Å². The molecular formula is C33H49N7O5. The van der Waals surface area contributed by atoms with Gasteiger partial charge in [0.2, 0.25) is 0 Å². The molecular weight excluding hydrogens is 574 g/mol. The van der Waals surface area contributed by atoms with E-state index >= 15 is 0 Å². The highest BCUT2D eigenvalue weighted by molar-refractivity contribution is 5.76. The van der Waals surface area contributed by atoms with E-state index in [1.54, 1.807) is 68.8 Å². The van der Waals surface area contributed by atoms with Crippen molar-refractivity contribution in [3.05, 3.63) is 71.7 Å². The molecule has 4 rings (SSSR count). The van der Waals surface area contributed by atoms with Crippen LogP contribution in [-0.2, 0) is 27.2 Å². The maximum absolute atomic E-state index is 12.6. The van der Waals surface area contributed by atoms with Gasteiger partial charge in [-0.1, -0.05) is 18.2 Å². The summed E-state index contributed by atoms with van der Waals surface area (Å²) in [5.41, 5.74) is 9.39. The predicted octanol–water partition coefficient (Wildman–Crippen LogP) is 3.82. The lowest BCUT2D eigenvalue weighted by Gasteiger charge is -2.40. The quantitative estimate of drug-likeness (QED) is 0.106. The molecule has 0 bridgehead atoms. The minimum atomic E-state index is -0.500. The van der Waals surface area contributed by atoms with Gasteiger partial charge in [-0.25, -0.2) is 10.8 Å². The number of phenolic OH excluding ortho intramolecular Hbond substituents is 1. The fraction of sp³-hybridized carbons (Fsp3) is 0.485. The fourth-order valence-corrected chi connectivity index (χ4v) is 4.92. The van der Waals surface area contributed by atoms with Crippen molar-refractivity contribution >= 4 is 23.1 Å². The molecule has 1 saturated heterocycles. The van der Waals surface area contributed by atoms with Gasteiger partial charge in [0.05, 0.1) is 48.8 Å². The van der Waals surface area contributed by atoms with Crippen molar-refractivity contribution in [2.45, 2.75) is 78.6 Å². The number of esters is 1. The van der Waals surface area contributed by atoms with E-state index in [1.165, 1.54) is 5.01 Å². The number of carbonyl (C=O) groups excluding carboxylic acids is 1. The van der Waals surface area contributed by atoms with Crippen molar-refractivity contribution in [1.29, 1.82) is 0 Å². The second kappa shape index (κ2) is 15.2. The Balaban J connectivity index is 0.00000102. The first-order chi connectivity index (χ1) is 21.1. The van der Waals surface area contributed by atoms with Crippen LogP contribution in [0.2, 0.25) is 0 Å². The number of hydrazine groups is 1. The third-order valence-corrected chi connectivity index (χ3v) is 7.06. The zero-order valence-electron chi connectivity index (χ0n) is 27.4. The topological polar surface area (TPSA) is 165 Å². The molecule has 1 fully saturated rings. The Hall–Kier alpha value is -4.13. The van der Waals surface area contributed by atoms with Crippen molar-refractivity contribution in [3.63, 3.8) is 0 Å². The number of carbonyl (C=O) groups is 1. The van der Waals surface area contributed by atoms with E-state index in [1.807, 2.05) is 13.0 Å². The van der Waals surface area contributed by atoms with Gasteiger partial charge in [0.15, 0.2) is 5.65 Å². The number of nitrogens with two attached hydrogens (primary N) is 2. The van der Waals surface area contributed by atoms with Gasteiger partial charge in [-0.05, 0) is 66.5 Å². The smallest absolute Gasteiger partial charge is 0.310 e. The number of rotatable bonds is 11. The van der Waals surface area contributed by atoms with Crippen LogP contribution in [0, 0.1) is 6.92 Å². The standard InChI is InChI=1S/C29H39N7O4.C4H10O/c1-5-14-40-29(4)10-12-34(13-11-29)28-24(17-27(38)39-6-2)20(3)32-26-16-22(33-36(26)28)18-35(31)19-25(30)21-8-7-9-23(37)15-21;1-4(2,3)5/h5,7-9,15-16,19,37H,1,6,10-14,17-18,30-31H2,2-4H3;5H,1-3H3/b25-19-;. The van der Waals surface area contributed by atoms with E-state index in [9.17, 15) is 9.90 Å². The van der Waals surface area contributed by atoms with Gasteiger partial charge in [0.1, 0.15) is 11.6 Å². The maximum Gasteiger partial charge on any atom is 0.310 e. The lowest BCUT2D eigenvalue weighted by atomic mass is 9.93. The lowest BCUT2D eigenvalue weighted by Crippen LogP contribution is -2.45. The van der Waals surface area contributed by atoms with Crippen LogP contribution in [0.5, 0.6) is 5.75 Å². The highest BCUT2D eigenvalue weighted by atomic mass is 16.5. The van der Waals surface area contributed by atoms with Crippen LogP contribution in [0.4, 0.5) is 5.82 Å². The van der Waals surface area contributed by atoms with Gasteiger partial charge in [-0.2, -0.15) is 9.61 Å². The number of hydrogen-bond acceptors (Lipinski definition) is 11. The molecule has 0 atom stereocenters. The van der Waals surface area contributed by atoms with Crippen LogP contribution in [0.3, 0.4) is 0 Å². The molecule has 2 aromatic heterocycles. The van der Waals surface area contributed by atoms with Crippen LogP contribution in [0.25, 0.3) is 11.3 Å². The number of aromatic hydroxyl groups is 1. The zero-order chi connectivity index (χ0) is 33.4. The van der Waals surface area contributed by atoms with Crippen LogP contribution in [0.1, 0.15) is 70.0 Å². The summed E-state index contributed by atoms with van der Waals surface area (Å²) >= 11 is 0. The molecule has 12 heteroatoms. The second-order valence-electron chi connectivity index (χ2n) is 12.4. The van der Waals surface area contributed by atoms with Gasteiger partial charge in [-0.15, -0.1) is 6.58 Å². The Morgan fingerprint density at radius 3 is 2.51 bits per heavy atom. The Bertz CT molecular complexity index is 1480. The fourth-order valence-electron chi connectivity index (χ4n) is 4.92. The summed E-state index contributed by atoms with van der Waals surface area (Å²) in [6.45, 7) is 17.3.